The molecule has 0 amide bonds. The summed E-state index contributed by atoms with van der Waals surface area (Å²) in [6.45, 7) is 18.4. The molecule has 0 unspecified atom stereocenters. The molecule has 0 saturated heterocycles. The van der Waals surface area contributed by atoms with Gasteiger partial charge in [-0.1, -0.05) is 89.1 Å². The maximum absolute atomic E-state index is 6.48. The van der Waals surface area contributed by atoms with Crippen LogP contribution in [0, 0.1) is 6.92 Å². The Labute approximate surface area is 170 Å². The topological polar surface area (TPSA) is 9.23 Å². The molecule has 0 heterocycles. The first-order valence-corrected chi connectivity index (χ1v) is 12.9. The van der Waals surface area contributed by atoms with Gasteiger partial charge in [0.2, 0.25) is 0 Å². The van der Waals surface area contributed by atoms with Crippen molar-refractivity contribution in [3.05, 3.63) is 59.4 Å². The van der Waals surface area contributed by atoms with Crippen molar-refractivity contribution in [2.24, 2.45) is 0 Å². The summed E-state index contributed by atoms with van der Waals surface area (Å²) in [7, 11) is -1.77. The molecule has 0 radical (unpaired) electrons. The Kier molecular flexibility index (Phi) is 10.1. The van der Waals surface area contributed by atoms with E-state index in [-0.39, 0.29) is 0 Å². The molecule has 2 heteroatoms. The molecular weight excluding hydrogens is 344 g/mol. The molecule has 0 aromatic heterocycles. The van der Waals surface area contributed by atoms with Gasteiger partial charge in [0.1, 0.15) is 0 Å². The van der Waals surface area contributed by atoms with Gasteiger partial charge in [-0.2, -0.15) is 0 Å². The van der Waals surface area contributed by atoms with Crippen LogP contribution in [0.4, 0.5) is 0 Å². The fourth-order valence-electron chi connectivity index (χ4n) is 4.41. The van der Waals surface area contributed by atoms with Gasteiger partial charge in [0, 0.05) is 0 Å². The van der Waals surface area contributed by atoms with E-state index in [4.69, 9.17) is 4.43 Å². The van der Waals surface area contributed by atoms with Gasteiger partial charge in [0.25, 0.3) is 8.32 Å². The third-order valence-electron chi connectivity index (χ3n) is 5.79. The van der Waals surface area contributed by atoms with Crippen LogP contribution in [0.3, 0.4) is 0 Å². The third-order valence-corrected chi connectivity index (χ3v) is 11.7. The molecule has 0 aliphatic rings. The molecule has 0 saturated carbocycles. The highest BCUT2D eigenvalue weighted by atomic mass is 28.4. The number of benzene rings is 1. The molecule has 1 aromatic carbocycles. The van der Waals surface area contributed by atoms with Crippen LogP contribution in [0.25, 0.3) is 0 Å². The van der Waals surface area contributed by atoms with E-state index in [0.717, 1.165) is 25.7 Å². The Morgan fingerprint density at radius 3 is 2.19 bits per heavy atom. The van der Waals surface area contributed by atoms with Crippen molar-refractivity contribution in [3.8, 4) is 0 Å². The normalized spacial score (nSPS) is 13.4. The number of allylic oxidation sites excluding steroid dienone is 3. The molecule has 1 nitrogen and oxygen atoms in total. The van der Waals surface area contributed by atoms with Crippen molar-refractivity contribution in [2.75, 3.05) is 0 Å². The molecule has 0 atom stereocenters. The van der Waals surface area contributed by atoms with Gasteiger partial charge in [-0.05, 0) is 61.7 Å². The van der Waals surface area contributed by atoms with Crippen molar-refractivity contribution in [1.29, 1.82) is 0 Å². The minimum absolute atomic E-state index is 0.630. The summed E-state index contributed by atoms with van der Waals surface area (Å²) >= 11 is 0. The highest BCUT2D eigenvalue weighted by molar-refractivity contribution is 6.77. The van der Waals surface area contributed by atoms with E-state index in [0.29, 0.717) is 16.6 Å². The van der Waals surface area contributed by atoms with Crippen molar-refractivity contribution in [2.45, 2.75) is 97.7 Å². The second-order valence-corrected chi connectivity index (χ2v) is 14.3. The van der Waals surface area contributed by atoms with Crippen molar-refractivity contribution < 1.29 is 4.43 Å². The minimum Gasteiger partial charge on any atom is -0.548 e. The van der Waals surface area contributed by atoms with E-state index in [2.05, 4.69) is 91.8 Å². The van der Waals surface area contributed by atoms with E-state index in [1.54, 1.807) is 0 Å². The first-order valence-electron chi connectivity index (χ1n) is 10.7. The van der Waals surface area contributed by atoms with Crippen LogP contribution < -0.4 is 0 Å². The Bertz CT molecular complexity index is 589. The monoisotopic (exact) mass is 386 g/mol. The van der Waals surface area contributed by atoms with Crippen LogP contribution in [0.1, 0.15) is 78.9 Å². The van der Waals surface area contributed by atoms with Crippen LogP contribution in [0.5, 0.6) is 0 Å². The van der Waals surface area contributed by atoms with Gasteiger partial charge in [0.15, 0.2) is 0 Å². The van der Waals surface area contributed by atoms with Crippen LogP contribution in [-0.4, -0.2) is 8.32 Å². The molecule has 0 N–H and O–H groups in total. The Morgan fingerprint density at radius 1 is 1.00 bits per heavy atom. The van der Waals surface area contributed by atoms with E-state index in [9.17, 15) is 0 Å². The lowest BCUT2D eigenvalue weighted by molar-refractivity contribution is 0.414. The molecular formula is C25H42OSi. The highest BCUT2D eigenvalue weighted by Crippen LogP contribution is 2.42. The van der Waals surface area contributed by atoms with Gasteiger partial charge in [-0.25, -0.2) is 0 Å². The first kappa shape index (κ1) is 23.8. The van der Waals surface area contributed by atoms with E-state index in [1.807, 2.05) is 6.26 Å². The lowest BCUT2D eigenvalue weighted by Crippen LogP contribution is -2.46. The summed E-state index contributed by atoms with van der Waals surface area (Å²) in [4.78, 5) is 0. The molecule has 0 aliphatic carbocycles. The molecule has 152 valence electrons. The van der Waals surface area contributed by atoms with Crippen LogP contribution >= 0.6 is 0 Å². The molecule has 1 rings (SSSR count). The van der Waals surface area contributed by atoms with E-state index in [1.165, 1.54) is 16.7 Å². The number of aryl methyl sites for hydroxylation is 2. The molecule has 0 fully saturated rings. The van der Waals surface area contributed by atoms with Gasteiger partial charge >= 0.3 is 0 Å². The molecule has 0 aliphatic heterocycles. The van der Waals surface area contributed by atoms with Gasteiger partial charge < -0.3 is 4.43 Å². The average molecular weight is 387 g/mol. The second kappa shape index (κ2) is 11.5. The Hall–Kier alpha value is -1.28. The van der Waals surface area contributed by atoms with Crippen LogP contribution in [-0.2, 0) is 10.8 Å². The lowest BCUT2D eigenvalue weighted by atomic mass is 10.0. The van der Waals surface area contributed by atoms with Crippen molar-refractivity contribution in [3.63, 3.8) is 0 Å². The maximum Gasteiger partial charge on any atom is 0.257 e. The van der Waals surface area contributed by atoms with Gasteiger partial charge in [-0.3, -0.25) is 0 Å². The van der Waals surface area contributed by atoms with E-state index >= 15 is 0 Å². The summed E-state index contributed by atoms with van der Waals surface area (Å²) < 4.78 is 6.48. The first-order chi connectivity index (χ1) is 12.7. The van der Waals surface area contributed by atoms with E-state index < -0.39 is 8.32 Å². The molecule has 0 spiro atoms. The summed E-state index contributed by atoms with van der Waals surface area (Å²) in [5, 5.41) is 0. The fraction of sp³-hybridized carbons (Fsp3) is 0.600. The zero-order valence-corrected chi connectivity index (χ0v) is 20.0. The summed E-state index contributed by atoms with van der Waals surface area (Å²) in [6.07, 6.45) is 11.1. The zero-order valence-electron chi connectivity index (χ0n) is 19.0. The van der Waals surface area contributed by atoms with Crippen molar-refractivity contribution in [1.82, 2.24) is 0 Å². The smallest absolute Gasteiger partial charge is 0.257 e. The fourth-order valence-corrected chi connectivity index (χ4v) is 9.56. The standard InChI is InChI=1S/C25H42OSi/c1-20(2)27(21(3)4,22(5)6)26-18-10-9-13-23(7)14-11-16-25-17-12-15-24(8)19-25/h10,12,14-15,17-22H,9,11,13,16H2,1-8H3/b18-10+,23-14+. The number of hydrogen-bond acceptors (Lipinski definition) is 1. The minimum atomic E-state index is -1.77. The molecule has 1 aromatic rings. The predicted octanol–water partition coefficient (Wildman–Crippen LogP) is 8.36. The zero-order chi connectivity index (χ0) is 20.4. The molecule has 27 heavy (non-hydrogen) atoms. The third kappa shape index (κ3) is 7.33. The Balaban J connectivity index is 2.46. The second-order valence-electron chi connectivity index (χ2n) is 8.92. The lowest BCUT2D eigenvalue weighted by Gasteiger charge is -2.41. The molecule has 0 bridgehead atoms. The number of hydrogen-bond donors (Lipinski definition) is 0. The van der Waals surface area contributed by atoms with Crippen LogP contribution in [0.15, 0.2) is 48.3 Å². The largest absolute Gasteiger partial charge is 0.548 e. The summed E-state index contributed by atoms with van der Waals surface area (Å²) in [5.41, 5.74) is 6.15. The van der Waals surface area contributed by atoms with Crippen LogP contribution in [0.2, 0.25) is 16.6 Å². The summed E-state index contributed by atoms with van der Waals surface area (Å²) in [6, 6.07) is 8.83. The van der Waals surface area contributed by atoms with Gasteiger partial charge in [-0.15, -0.1) is 0 Å². The maximum atomic E-state index is 6.48. The van der Waals surface area contributed by atoms with Gasteiger partial charge in [0.05, 0.1) is 6.26 Å². The quantitative estimate of drug-likeness (QED) is 0.211. The number of rotatable bonds is 11. The highest BCUT2D eigenvalue weighted by Gasteiger charge is 2.46. The summed E-state index contributed by atoms with van der Waals surface area (Å²) in [5.74, 6) is 0. The Morgan fingerprint density at radius 2 is 1.63 bits per heavy atom. The predicted molar refractivity (Wildman–Crippen MR) is 124 cm³/mol. The van der Waals surface area contributed by atoms with Crippen molar-refractivity contribution >= 4 is 8.32 Å². The average Bonchev–Trinajstić information content (AvgIpc) is 2.57. The SMILES string of the molecule is C/C(=C\CCc1cccc(C)c1)CC/C=C/O[Si](C(C)C)(C(C)C)C(C)C.